The first kappa shape index (κ1) is 13.0. The minimum Gasteiger partial charge on any atom is -0.328 e. The molecule has 1 fully saturated rings. The number of nitrogens with two attached hydrogens (primary N) is 1. The summed E-state index contributed by atoms with van der Waals surface area (Å²) in [7, 11) is 0. The summed E-state index contributed by atoms with van der Waals surface area (Å²) < 4.78 is 0. The summed E-state index contributed by atoms with van der Waals surface area (Å²) in [6.07, 6.45) is 2.02. The molecule has 1 heterocycles. The van der Waals surface area contributed by atoms with Gasteiger partial charge in [-0.05, 0) is 38.4 Å². The number of nitro benzene ring substituents is 1. The smallest absolute Gasteiger partial charge is 0.272 e. The maximum Gasteiger partial charge on any atom is 0.272 e. The molecule has 0 atom stereocenters. The fourth-order valence-electron chi connectivity index (χ4n) is 2.39. The highest BCUT2D eigenvalue weighted by Crippen LogP contribution is 2.23. The van der Waals surface area contributed by atoms with E-state index in [9.17, 15) is 10.1 Å². The molecule has 0 bridgehead atoms. The lowest BCUT2D eigenvalue weighted by molar-refractivity contribution is -0.385. The van der Waals surface area contributed by atoms with E-state index in [1.165, 1.54) is 0 Å². The largest absolute Gasteiger partial charge is 0.328 e. The van der Waals surface area contributed by atoms with Gasteiger partial charge >= 0.3 is 0 Å². The maximum atomic E-state index is 10.9. The summed E-state index contributed by atoms with van der Waals surface area (Å²) >= 11 is 0. The van der Waals surface area contributed by atoms with E-state index in [1.54, 1.807) is 12.1 Å². The third kappa shape index (κ3) is 2.86. The maximum absolute atomic E-state index is 10.9. The van der Waals surface area contributed by atoms with Gasteiger partial charge in [0, 0.05) is 24.2 Å². The Labute approximate surface area is 107 Å². The van der Waals surface area contributed by atoms with Crippen LogP contribution in [0, 0.1) is 17.0 Å². The van der Waals surface area contributed by atoms with E-state index in [-0.39, 0.29) is 10.6 Å². The molecule has 18 heavy (non-hydrogen) atoms. The molecule has 2 N–H and O–H groups in total. The molecule has 1 aromatic carbocycles. The summed E-state index contributed by atoms with van der Waals surface area (Å²) in [6, 6.07) is 5.60. The Morgan fingerprint density at radius 2 is 2.11 bits per heavy atom. The Balaban J connectivity index is 2.10. The third-order valence-corrected chi connectivity index (χ3v) is 3.64. The number of nitro groups is 1. The van der Waals surface area contributed by atoms with Crippen molar-refractivity contribution in [2.24, 2.45) is 5.73 Å². The van der Waals surface area contributed by atoms with E-state index in [1.807, 2.05) is 13.0 Å². The molecule has 0 aromatic heterocycles. The molecule has 0 amide bonds. The van der Waals surface area contributed by atoms with Crippen LogP contribution in [0.5, 0.6) is 0 Å². The Bertz CT molecular complexity index is 440. The quantitative estimate of drug-likeness (QED) is 0.655. The van der Waals surface area contributed by atoms with Gasteiger partial charge in [-0.25, -0.2) is 0 Å². The number of piperidine rings is 1. The molecule has 1 aliphatic heterocycles. The van der Waals surface area contributed by atoms with Crippen LogP contribution in [-0.2, 0) is 6.54 Å². The molecule has 1 saturated heterocycles. The second-order valence-corrected chi connectivity index (χ2v) is 4.93. The summed E-state index contributed by atoms with van der Waals surface area (Å²) in [4.78, 5) is 12.9. The molecule has 0 aliphatic carbocycles. The highest BCUT2D eigenvalue weighted by Gasteiger charge is 2.19. The van der Waals surface area contributed by atoms with Gasteiger partial charge in [-0.15, -0.1) is 0 Å². The molecule has 0 saturated carbocycles. The molecule has 5 nitrogen and oxygen atoms in total. The van der Waals surface area contributed by atoms with Gasteiger partial charge < -0.3 is 5.73 Å². The molecular weight excluding hydrogens is 230 g/mol. The molecule has 0 radical (unpaired) electrons. The summed E-state index contributed by atoms with van der Waals surface area (Å²) in [5.41, 5.74) is 7.89. The minimum absolute atomic E-state index is 0.209. The van der Waals surface area contributed by atoms with Crippen LogP contribution in [0.25, 0.3) is 0 Å². The number of likely N-dealkylation sites (tertiary alicyclic amines) is 1. The summed E-state index contributed by atoms with van der Waals surface area (Å²) in [6.45, 7) is 4.55. The van der Waals surface area contributed by atoms with Gasteiger partial charge in [0.05, 0.1) is 4.92 Å². The van der Waals surface area contributed by atoms with Crippen molar-refractivity contribution in [1.82, 2.24) is 4.90 Å². The van der Waals surface area contributed by atoms with Crippen molar-refractivity contribution in [3.63, 3.8) is 0 Å². The molecule has 5 heteroatoms. The molecule has 0 spiro atoms. The van der Waals surface area contributed by atoms with E-state index < -0.39 is 0 Å². The number of hydrogen-bond donors (Lipinski definition) is 1. The van der Waals surface area contributed by atoms with Crippen molar-refractivity contribution in [2.45, 2.75) is 32.4 Å². The fourth-order valence-corrected chi connectivity index (χ4v) is 2.39. The Morgan fingerprint density at radius 3 is 2.72 bits per heavy atom. The normalized spacial score (nSPS) is 17.9. The lowest BCUT2D eigenvalue weighted by atomic mass is 10.0. The Hall–Kier alpha value is -1.46. The van der Waals surface area contributed by atoms with E-state index in [2.05, 4.69) is 4.90 Å². The number of benzene rings is 1. The van der Waals surface area contributed by atoms with Gasteiger partial charge in [0.1, 0.15) is 0 Å². The Morgan fingerprint density at radius 1 is 1.44 bits per heavy atom. The van der Waals surface area contributed by atoms with E-state index in [0.29, 0.717) is 6.04 Å². The second-order valence-electron chi connectivity index (χ2n) is 4.93. The monoisotopic (exact) mass is 249 g/mol. The molecule has 98 valence electrons. The Kier molecular flexibility index (Phi) is 3.93. The number of nitrogens with zero attached hydrogens (tertiary/aromatic N) is 2. The van der Waals surface area contributed by atoms with Gasteiger partial charge in [-0.1, -0.05) is 12.1 Å². The highest BCUT2D eigenvalue weighted by molar-refractivity contribution is 5.44. The lowest BCUT2D eigenvalue weighted by Gasteiger charge is -2.30. The zero-order valence-electron chi connectivity index (χ0n) is 10.6. The van der Waals surface area contributed by atoms with Gasteiger partial charge in [0.25, 0.3) is 5.69 Å². The van der Waals surface area contributed by atoms with Gasteiger partial charge in [0.2, 0.25) is 0 Å². The van der Waals surface area contributed by atoms with Gasteiger partial charge in [-0.2, -0.15) is 0 Å². The summed E-state index contributed by atoms with van der Waals surface area (Å²) in [5, 5.41) is 10.9. The molecule has 1 aromatic rings. The van der Waals surface area contributed by atoms with Gasteiger partial charge in [0.15, 0.2) is 0 Å². The van der Waals surface area contributed by atoms with Crippen LogP contribution in [0.1, 0.15) is 24.0 Å². The predicted octanol–water partition coefficient (Wildman–Crippen LogP) is 1.83. The van der Waals surface area contributed by atoms with E-state index in [4.69, 9.17) is 5.73 Å². The minimum atomic E-state index is -0.315. The van der Waals surface area contributed by atoms with Crippen molar-refractivity contribution in [3.05, 3.63) is 39.4 Å². The van der Waals surface area contributed by atoms with Crippen LogP contribution >= 0.6 is 0 Å². The van der Waals surface area contributed by atoms with Crippen LogP contribution < -0.4 is 5.73 Å². The van der Waals surface area contributed by atoms with Crippen LogP contribution in [0.2, 0.25) is 0 Å². The summed E-state index contributed by atoms with van der Waals surface area (Å²) in [5.74, 6) is 0. The zero-order valence-corrected chi connectivity index (χ0v) is 10.6. The average molecular weight is 249 g/mol. The van der Waals surface area contributed by atoms with E-state index in [0.717, 1.165) is 43.6 Å². The second kappa shape index (κ2) is 5.46. The highest BCUT2D eigenvalue weighted by atomic mass is 16.6. The van der Waals surface area contributed by atoms with Crippen LogP contribution in [0.4, 0.5) is 5.69 Å². The number of hydrogen-bond acceptors (Lipinski definition) is 4. The van der Waals surface area contributed by atoms with Crippen LogP contribution in [-0.4, -0.2) is 29.0 Å². The number of rotatable bonds is 3. The van der Waals surface area contributed by atoms with Gasteiger partial charge in [-0.3, -0.25) is 15.0 Å². The molecule has 2 rings (SSSR count). The van der Waals surface area contributed by atoms with Crippen molar-refractivity contribution < 1.29 is 4.92 Å². The van der Waals surface area contributed by atoms with Crippen LogP contribution in [0.15, 0.2) is 18.2 Å². The van der Waals surface area contributed by atoms with Crippen molar-refractivity contribution in [3.8, 4) is 0 Å². The topological polar surface area (TPSA) is 72.4 Å². The van der Waals surface area contributed by atoms with Crippen molar-refractivity contribution in [2.75, 3.05) is 13.1 Å². The first-order valence-electron chi connectivity index (χ1n) is 6.28. The average Bonchev–Trinajstić information content (AvgIpc) is 2.34. The van der Waals surface area contributed by atoms with Crippen molar-refractivity contribution >= 4 is 5.69 Å². The molecule has 0 unspecified atom stereocenters. The first-order chi connectivity index (χ1) is 8.58. The van der Waals surface area contributed by atoms with Crippen molar-refractivity contribution in [1.29, 1.82) is 0 Å². The SMILES string of the molecule is Cc1c(CN2CCC(N)CC2)cccc1[N+](=O)[O-]. The van der Waals surface area contributed by atoms with E-state index >= 15 is 0 Å². The zero-order chi connectivity index (χ0) is 13.1. The molecular formula is C13H19N3O2. The standard InChI is InChI=1S/C13H19N3O2/c1-10-11(3-2-4-13(10)16(17)18)9-15-7-5-12(14)6-8-15/h2-4,12H,5-9,14H2,1H3. The lowest BCUT2D eigenvalue weighted by Crippen LogP contribution is -2.39. The third-order valence-electron chi connectivity index (χ3n) is 3.64. The molecule has 1 aliphatic rings. The van der Waals surface area contributed by atoms with Crippen LogP contribution in [0.3, 0.4) is 0 Å². The first-order valence-corrected chi connectivity index (χ1v) is 6.28. The predicted molar refractivity (Wildman–Crippen MR) is 70.3 cm³/mol. The fraction of sp³-hybridized carbons (Fsp3) is 0.538.